The van der Waals surface area contributed by atoms with E-state index in [1.54, 1.807) is 36.9 Å². The Labute approximate surface area is 239 Å². The molecule has 11 nitrogen and oxygen atoms in total. The molecule has 0 spiro atoms. The fourth-order valence-corrected chi connectivity index (χ4v) is 4.41. The fourth-order valence-electron chi connectivity index (χ4n) is 4.41. The van der Waals surface area contributed by atoms with Gasteiger partial charge in [0, 0.05) is 31.0 Å². The second kappa shape index (κ2) is 11.0. The van der Waals surface area contributed by atoms with Crippen LogP contribution in [0.5, 0.6) is 0 Å². The summed E-state index contributed by atoms with van der Waals surface area (Å²) < 4.78 is 5.56. The number of carbonyl (C=O) groups is 2. The van der Waals surface area contributed by atoms with Crippen LogP contribution in [-0.2, 0) is 23.3 Å². The van der Waals surface area contributed by atoms with Gasteiger partial charge >= 0.3 is 6.09 Å². The van der Waals surface area contributed by atoms with Crippen LogP contribution in [0.25, 0.3) is 0 Å². The molecule has 2 amide bonds. The predicted molar refractivity (Wildman–Crippen MR) is 155 cm³/mol. The molecule has 3 heterocycles. The molecule has 1 aliphatic carbocycles. The molecule has 1 aromatic carbocycles. The van der Waals surface area contributed by atoms with Crippen LogP contribution in [0.4, 0.5) is 28.1 Å². The molecule has 1 aliphatic heterocycles. The number of hydrogen-bond acceptors (Lipinski definition) is 9. The van der Waals surface area contributed by atoms with Crippen molar-refractivity contribution in [1.29, 1.82) is 0 Å². The van der Waals surface area contributed by atoms with Gasteiger partial charge in [-0.25, -0.2) is 14.8 Å². The third-order valence-electron chi connectivity index (χ3n) is 6.69. The standard InChI is InChI=1S/C30H37N7O4/c1-29(2,3)41-28(39)37-14-13-18-9-10-21(15-19(18)17-37)33-27-31-16-22(26(38)32-20-11-12-20)25(36-27)35-24-8-6-7-23(34-24)30(4,5)40/h6-10,15-16,20,40H,11-14,17H2,1-5H3,(H,32,38)(H2,31,33,34,35,36). The van der Waals surface area contributed by atoms with Crippen LogP contribution in [0.2, 0.25) is 0 Å². The first-order valence-electron chi connectivity index (χ1n) is 13.9. The molecule has 0 bridgehead atoms. The topological polar surface area (TPSA) is 142 Å². The summed E-state index contributed by atoms with van der Waals surface area (Å²) in [6, 6.07) is 11.4. The average Bonchev–Trinajstić information content (AvgIpc) is 3.71. The molecular weight excluding hydrogens is 522 g/mol. The number of amides is 2. The third kappa shape index (κ3) is 7.29. The van der Waals surface area contributed by atoms with Crippen molar-refractivity contribution in [2.24, 2.45) is 0 Å². The minimum Gasteiger partial charge on any atom is -0.444 e. The number of carbonyl (C=O) groups excluding carboxylic acids is 2. The highest BCUT2D eigenvalue weighted by Gasteiger charge is 2.27. The van der Waals surface area contributed by atoms with E-state index >= 15 is 0 Å². The number of aliphatic hydroxyl groups is 1. The summed E-state index contributed by atoms with van der Waals surface area (Å²) >= 11 is 0. The number of fused-ring (bicyclic) bond motifs is 1. The van der Waals surface area contributed by atoms with Crippen molar-refractivity contribution in [3.63, 3.8) is 0 Å². The Morgan fingerprint density at radius 3 is 2.51 bits per heavy atom. The van der Waals surface area contributed by atoms with Crippen LogP contribution in [0.15, 0.2) is 42.6 Å². The SMILES string of the molecule is CC(C)(C)OC(=O)N1CCc2ccc(Nc3ncc(C(=O)NC4CC4)c(Nc4cccc(C(C)(C)O)n4)n3)cc2C1. The number of nitrogens with one attached hydrogen (secondary N) is 3. The molecule has 2 aromatic heterocycles. The van der Waals surface area contributed by atoms with Crippen LogP contribution in [0, 0.1) is 0 Å². The summed E-state index contributed by atoms with van der Waals surface area (Å²) in [6.07, 6.45) is 3.79. The predicted octanol–water partition coefficient (Wildman–Crippen LogP) is 4.77. The van der Waals surface area contributed by atoms with Crippen molar-refractivity contribution in [3.8, 4) is 0 Å². The first kappa shape index (κ1) is 28.3. The second-order valence-corrected chi connectivity index (χ2v) is 12.1. The smallest absolute Gasteiger partial charge is 0.410 e. The van der Waals surface area contributed by atoms with Gasteiger partial charge in [-0.2, -0.15) is 4.98 Å². The molecule has 0 unspecified atom stereocenters. The minimum absolute atomic E-state index is 0.167. The molecule has 5 rings (SSSR count). The van der Waals surface area contributed by atoms with Crippen molar-refractivity contribution in [2.75, 3.05) is 17.2 Å². The van der Waals surface area contributed by atoms with Crippen molar-refractivity contribution in [2.45, 2.75) is 77.7 Å². The van der Waals surface area contributed by atoms with Crippen LogP contribution in [0.1, 0.15) is 74.6 Å². The van der Waals surface area contributed by atoms with E-state index in [0.29, 0.717) is 24.6 Å². The summed E-state index contributed by atoms with van der Waals surface area (Å²) in [6.45, 7) is 9.92. The number of nitrogens with zero attached hydrogens (tertiary/aromatic N) is 4. The number of ether oxygens (including phenoxy) is 1. The largest absolute Gasteiger partial charge is 0.444 e. The Hall–Kier alpha value is -4.25. The van der Waals surface area contributed by atoms with E-state index in [1.165, 1.54) is 11.8 Å². The van der Waals surface area contributed by atoms with Gasteiger partial charge in [0.2, 0.25) is 5.95 Å². The molecule has 41 heavy (non-hydrogen) atoms. The molecule has 1 saturated carbocycles. The molecule has 216 valence electrons. The Kier molecular flexibility index (Phi) is 7.56. The Balaban J connectivity index is 1.38. The van der Waals surface area contributed by atoms with Gasteiger partial charge in [0.25, 0.3) is 5.91 Å². The number of pyridine rings is 1. The lowest BCUT2D eigenvalue weighted by atomic mass is 9.99. The number of benzene rings is 1. The van der Waals surface area contributed by atoms with E-state index in [4.69, 9.17) is 4.74 Å². The molecule has 1 fully saturated rings. The molecular formula is C30H37N7O4. The van der Waals surface area contributed by atoms with Crippen LogP contribution >= 0.6 is 0 Å². The number of hydrogen-bond donors (Lipinski definition) is 4. The highest BCUT2D eigenvalue weighted by Crippen LogP contribution is 2.28. The number of aromatic nitrogens is 3. The minimum atomic E-state index is -1.13. The second-order valence-electron chi connectivity index (χ2n) is 12.1. The zero-order valence-electron chi connectivity index (χ0n) is 24.1. The number of anilines is 4. The highest BCUT2D eigenvalue weighted by molar-refractivity contribution is 5.99. The third-order valence-corrected chi connectivity index (χ3v) is 6.69. The summed E-state index contributed by atoms with van der Waals surface area (Å²) in [5, 5.41) is 19.7. The van der Waals surface area contributed by atoms with E-state index in [2.05, 4.69) is 30.9 Å². The lowest BCUT2D eigenvalue weighted by Crippen LogP contribution is -2.39. The quantitative estimate of drug-likeness (QED) is 0.322. The maximum atomic E-state index is 13.0. The van der Waals surface area contributed by atoms with E-state index < -0.39 is 11.2 Å². The van der Waals surface area contributed by atoms with Gasteiger partial charge < -0.3 is 30.7 Å². The van der Waals surface area contributed by atoms with Gasteiger partial charge in [-0.3, -0.25) is 4.79 Å². The van der Waals surface area contributed by atoms with Crippen molar-refractivity contribution >= 4 is 35.3 Å². The molecule has 4 N–H and O–H groups in total. The maximum absolute atomic E-state index is 13.0. The molecule has 11 heteroatoms. The van der Waals surface area contributed by atoms with Crippen LogP contribution < -0.4 is 16.0 Å². The van der Waals surface area contributed by atoms with E-state index in [-0.39, 0.29) is 35.4 Å². The highest BCUT2D eigenvalue weighted by atomic mass is 16.6. The first-order chi connectivity index (χ1) is 19.3. The lowest BCUT2D eigenvalue weighted by molar-refractivity contribution is 0.0224. The van der Waals surface area contributed by atoms with E-state index in [1.807, 2.05) is 39.0 Å². The lowest BCUT2D eigenvalue weighted by Gasteiger charge is -2.31. The Bertz CT molecular complexity index is 1460. The van der Waals surface area contributed by atoms with E-state index in [9.17, 15) is 14.7 Å². The molecule has 0 atom stereocenters. The summed E-state index contributed by atoms with van der Waals surface area (Å²) in [7, 11) is 0. The summed E-state index contributed by atoms with van der Waals surface area (Å²) in [5.41, 5.74) is 2.01. The summed E-state index contributed by atoms with van der Waals surface area (Å²) in [5.74, 6) is 0.742. The summed E-state index contributed by atoms with van der Waals surface area (Å²) in [4.78, 5) is 40.8. The average molecular weight is 560 g/mol. The van der Waals surface area contributed by atoms with Gasteiger partial charge in [0.05, 0.1) is 5.69 Å². The fraction of sp³-hybridized carbons (Fsp3) is 0.433. The van der Waals surface area contributed by atoms with Crippen molar-refractivity contribution in [1.82, 2.24) is 25.2 Å². The molecule has 3 aromatic rings. The van der Waals surface area contributed by atoms with Gasteiger partial charge in [0.1, 0.15) is 28.4 Å². The maximum Gasteiger partial charge on any atom is 0.410 e. The van der Waals surface area contributed by atoms with Crippen LogP contribution in [0.3, 0.4) is 0 Å². The Morgan fingerprint density at radius 1 is 1.02 bits per heavy atom. The molecule has 2 aliphatic rings. The van der Waals surface area contributed by atoms with E-state index in [0.717, 1.165) is 30.5 Å². The normalized spacial score (nSPS) is 15.1. The first-order valence-corrected chi connectivity index (χ1v) is 13.9. The van der Waals surface area contributed by atoms with Crippen molar-refractivity contribution in [3.05, 3.63) is 65.0 Å². The monoisotopic (exact) mass is 559 g/mol. The molecule has 0 saturated heterocycles. The zero-order chi connectivity index (χ0) is 29.4. The van der Waals surface area contributed by atoms with Gasteiger partial charge in [-0.05, 0) is 89.3 Å². The van der Waals surface area contributed by atoms with Gasteiger partial charge in [-0.1, -0.05) is 12.1 Å². The zero-order valence-corrected chi connectivity index (χ0v) is 24.1. The van der Waals surface area contributed by atoms with Gasteiger partial charge in [0.15, 0.2) is 0 Å². The van der Waals surface area contributed by atoms with Crippen LogP contribution in [-0.4, -0.2) is 55.1 Å². The number of rotatable bonds is 7. The molecule has 0 radical (unpaired) electrons. The van der Waals surface area contributed by atoms with Gasteiger partial charge in [-0.15, -0.1) is 0 Å². The Morgan fingerprint density at radius 2 is 1.80 bits per heavy atom. The van der Waals surface area contributed by atoms with Crippen molar-refractivity contribution < 1.29 is 19.4 Å².